The molecule has 0 saturated heterocycles. The average molecular weight is 392 g/mol. The molecule has 0 fully saturated rings. The minimum atomic E-state index is -3.35. The molecule has 1 aromatic carbocycles. The maximum atomic E-state index is 12.5. The van der Waals surface area contributed by atoms with Crippen molar-refractivity contribution in [3.8, 4) is 5.75 Å². The first-order chi connectivity index (χ1) is 11.9. The van der Waals surface area contributed by atoms with E-state index in [4.69, 9.17) is 0 Å². The van der Waals surface area contributed by atoms with Crippen molar-refractivity contribution in [3.63, 3.8) is 0 Å². The number of aryl methyl sites for hydroxylation is 1. The lowest BCUT2D eigenvalue weighted by Gasteiger charge is -2.26. The number of halogens is 2. The molecular weight excluding hydrogens is 366 g/mol. The number of hydrogen-bond donors (Lipinski definition) is 3. The van der Waals surface area contributed by atoms with Crippen LogP contribution < -0.4 is 20.1 Å². The Hall–Kier alpha value is -1.94. The summed E-state index contributed by atoms with van der Waals surface area (Å²) >= 11 is 0. The molecule has 148 valence electrons. The summed E-state index contributed by atoms with van der Waals surface area (Å²) in [6, 6.07) is 4.93. The number of ether oxygens (including phenoxy) is 1. The molecule has 0 unspecified atom stereocenters. The number of guanidine groups is 1. The van der Waals surface area contributed by atoms with Crippen LogP contribution in [0.5, 0.6) is 5.75 Å². The van der Waals surface area contributed by atoms with Gasteiger partial charge in [-0.3, -0.25) is 4.99 Å². The molecular formula is C16H26F2N4O3S. The van der Waals surface area contributed by atoms with Gasteiger partial charge in [-0.1, -0.05) is 17.7 Å². The van der Waals surface area contributed by atoms with E-state index in [-0.39, 0.29) is 18.8 Å². The van der Waals surface area contributed by atoms with Crippen molar-refractivity contribution < 1.29 is 21.9 Å². The summed E-state index contributed by atoms with van der Waals surface area (Å²) in [5.41, 5.74) is 0.727. The van der Waals surface area contributed by atoms with E-state index in [0.717, 1.165) is 11.8 Å². The molecule has 0 radical (unpaired) electrons. The summed E-state index contributed by atoms with van der Waals surface area (Å²) in [6.07, 6.45) is 1.09. The average Bonchev–Trinajstić information content (AvgIpc) is 2.47. The van der Waals surface area contributed by atoms with Crippen molar-refractivity contribution in [1.82, 2.24) is 15.4 Å². The van der Waals surface area contributed by atoms with E-state index in [1.807, 2.05) is 6.92 Å². The summed E-state index contributed by atoms with van der Waals surface area (Å²) in [7, 11) is -1.80. The fraction of sp³-hybridized carbons (Fsp3) is 0.562. The smallest absolute Gasteiger partial charge is 0.387 e. The number of benzene rings is 1. The fourth-order valence-electron chi connectivity index (χ4n) is 2.30. The van der Waals surface area contributed by atoms with Gasteiger partial charge in [0, 0.05) is 31.2 Å². The van der Waals surface area contributed by atoms with E-state index in [0.29, 0.717) is 11.5 Å². The van der Waals surface area contributed by atoms with Crippen LogP contribution in [0.25, 0.3) is 0 Å². The molecule has 0 aliphatic carbocycles. The molecule has 0 heterocycles. The molecule has 1 rings (SSSR count). The minimum absolute atomic E-state index is 0.0904. The van der Waals surface area contributed by atoms with E-state index in [1.54, 1.807) is 33.0 Å². The summed E-state index contributed by atoms with van der Waals surface area (Å²) in [5, 5.41) is 6.00. The van der Waals surface area contributed by atoms with Crippen molar-refractivity contribution in [1.29, 1.82) is 0 Å². The highest BCUT2D eigenvalue weighted by molar-refractivity contribution is 7.88. The third-order valence-corrected chi connectivity index (χ3v) is 4.18. The Morgan fingerprint density at radius 2 is 1.96 bits per heavy atom. The summed E-state index contributed by atoms with van der Waals surface area (Å²) in [5.74, 6) is 0.491. The van der Waals surface area contributed by atoms with E-state index in [2.05, 4.69) is 25.1 Å². The van der Waals surface area contributed by atoms with Gasteiger partial charge in [0.05, 0.1) is 6.26 Å². The van der Waals surface area contributed by atoms with E-state index < -0.39 is 22.2 Å². The summed E-state index contributed by atoms with van der Waals surface area (Å²) < 4.78 is 54.8. The van der Waals surface area contributed by atoms with Gasteiger partial charge in [-0.25, -0.2) is 13.1 Å². The number of aliphatic imine (C=N–C) groups is 1. The highest BCUT2D eigenvalue weighted by Gasteiger charge is 2.22. The van der Waals surface area contributed by atoms with Crippen molar-refractivity contribution in [3.05, 3.63) is 29.3 Å². The number of nitrogens with one attached hydrogen (secondary N) is 3. The fourth-order valence-corrected chi connectivity index (χ4v) is 3.38. The third-order valence-electron chi connectivity index (χ3n) is 3.26. The van der Waals surface area contributed by atoms with E-state index in [9.17, 15) is 17.2 Å². The maximum Gasteiger partial charge on any atom is 0.387 e. The standard InChI is InChI=1S/C16H26F2N4O3S/c1-11-6-7-13(25-14(17)18)12(8-11)9-20-15(19-4)21-10-16(2,3)22-26(5,23)24/h6-8,14,22H,9-10H2,1-5H3,(H2,19,20,21). The van der Waals surface area contributed by atoms with Crippen LogP contribution in [-0.2, 0) is 16.6 Å². The van der Waals surface area contributed by atoms with E-state index in [1.165, 1.54) is 6.07 Å². The van der Waals surface area contributed by atoms with Crippen molar-refractivity contribution >= 4 is 16.0 Å². The van der Waals surface area contributed by atoms with Gasteiger partial charge in [-0.2, -0.15) is 8.78 Å². The molecule has 0 aliphatic rings. The van der Waals surface area contributed by atoms with Crippen LogP contribution in [-0.4, -0.2) is 46.4 Å². The Balaban J connectivity index is 2.72. The van der Waals surface area contributed by atoms with Crippen LogP contribution in [0.1, 0.15) is 25.0 Å². The second-order valence-electron chi connectivity index (χ2n) is 6.53. The molecule has 1 aromatic rings. The van der Waals surface area contributed by atoms with Crippen molar-refractivity contribution in [2.24, 2.45) is 4.99 Å². The number of sulfonamides is 1. The largest absolute Gasteiger partial charge is 0.434 e. The number of hydrogen-bond acceptors (Lipinski definition) is 4. The third kappa shape index (κ3) is 8.43. The second kappa shape index (κ2) is 9.13. The van der Waals surface area contributed by atoms with Gasteiger partial charge < -0.3 is 15.4 Å². The lowest BCUT2D eigenvalue weighted by atomic mass is 10.1. The molecule has 0 aromatic heterocycles. The van der Waals surface area contributed by atoms with E-state index >= 15 is 0 Å². The van der Waals surface area contributed by atoms with Gasteiger partial charge in [0.25, 0.3) is 0 Å². The first kappa shape index (κ1) is 22.1. The van der Waals surface area contributed by atoms with Gasteiger partial charge in [0.15, 0.2) is 5.96 Å². The highest BCUT2D eigenvalue weighted by Crippen LogP contribution is 2.21. The normalized spacial score (nSPS) is 13.0. The van der Waals surface area contributed by atoms with Gasteiger partial charge in [-0.15, -0.1) is 0 Å². The molecule has 0 amide bonds. The van der Waals surface area contributed by atoms with Crippen molar-refractivity contribution in [2.45, 2.75) is 39.5 Å². The molecule has 26 heavy (non-hydrogen) atoms. The summed E-state index contributed by atoms with van der Waals surface area (Å²) in [6.45, 7) is 2.88. The SMILES string of the molecule is CN=C(NCc1cc(C)ccc1OC(F)F)NCC(C)(C)NS(C)(=O)=O. The first-order valence-corrected chi connectivity index (χ1v) is 9.79. The minimum Gasteiger partial charge on any atom is -0.434 e. The highest BCUT2D eigenvalue weighted by atomic mass is 32.2. The number of rotatable bonds is 8. The molecule has 0 bridgehead atoms. The zero-order valence-electron chi connectivity index (χ0n) is 15.6. The Morgan fingerprint density at radius 3 is 2.50 bits per heavy atom. The Bertz CT molecular complexity index is 737. The Labute approximate surface area is 153 Å². The summed E-state index contributed by atoms with van der Waals surface area (Å²) in [4.78, 5) is 4.04. The molecule has 0 spiro atoms. The molecule has 7 nitrogen and oxygen atoms in total. The molecule has 10 heteroatoms. The van der Waals surface area contributed by atoms with Gasteiger partial charge >= 0.3 is 6.61 Å². The van der Waals surface area contributed by atoms with Crippen LogP contribution in [0.2, 0.25) is 0 Å². The molecule has 0 atom stereocenters. The predicted octanol–water partition coefficient (Wildman–Crippen LogP) is 1.59. The number of alkyl halides is 2. The Morgan fingerprint density at radius 1 is 1.31 bits per heavy atom. The molecule has 0 saturated carbocycles. The number of nitrogens with zero attached hydrogens (tertiary/aromatic N) is 1. The van der Waals surface area contributed by atoms with Crippen LogP contribution in [0.3, 0.4) is 0 Å². The van der Waals surface area contributed by atoms with Gasteiger partial charge in [-0.05, 0) is 26.8 Å². The van der Waals surface area contributed by atoms with Crippen LogP contribution in [0.4, 0.5) is 8.78 Å². The monoisotopic (exact) mass is 392 g/mol. The van der Waals surface area contributed by atoms with Gasteiger partial charge in [0.1, 0.15) is 5.75 Å². The second-order valence-corrected chi connectivity index (χ2v) is 8.28. The quantitative estimate of drug-likeness (QED) is 0.462. The topological polar surface area (TPSA) is 91.8 Å². The lowest BCUT2D eigenvalue weighted by molar-refractivity contribution is -0.0504. The Kier molecular flexibility index (Phi) is 7.76. The van der Waals surface area contributed by atoms with Crippen LogP contribution in [0.15, 0.2) is 23.2 Å². The van der Waals surface area contributed by atoms with Crippen molar-refractivity contribution in [2.75, 3.05) is 19.8 Å². The maximum absolute atomic E-state index is 12.5. The first-order valence-electron chi connectivity index (χ1n) is 7.90. The molecule has 3 N–H and O–H groups in total. The lowest BCUT2D eigenvalue weighted by Crippen LogP contribution is -2.52. The van der Waals surface area contributed by atoms with Crippen LogP contribution in [0, 0.1) is 6.92 Å². The van der Waals surface area contributed by atoms with Gasteiger partial charge in [0.2, 0.25) is 10.0 Å². The zero-order chi connectivity index (χ0) is 20.0. The predicted molar refractivity (Wildman–Crippen MR) is 98.1 cm³/mol. The molecule has 0 aliphatic heterocycles. The zero-order valence-corrected chi connectivity index (χ0v) is 16.4. The van der Waals surface area contributed by atoms with Crippen LogP contribution >= 0.6 is 0 Å².